The summed E-state index contributed by atoms with van der Waals surface area (Å²) in [6.45, 7) is 0.863. The molecule has 0 amide bonds. The molecule has 0 unspecified atom stereocenters. The maximum Gasteiger partial charge on any atom is 0.128 e. The van der Waals surface area contributed by atoms with Gasteiger partial charge < -0.3 is 10.1 Å². The van der Waals surface area contributed by atoms with Gasteiger partial charge in [-0.15, -0.1) is 0 Å². The Morgan fingerprint density at radius 1 is 1.32 bits per heavy atom. The lowest BCUT2D eigenvalue weighted by Crippen LogP contribution is -2.03. The molecule has 0 aliphatic rings. The minimum Gasteiger partial charge on any atom is -0.380 e. The molecule has 0 radical (unpaired) electrons. The largest absolute Gasteiger partial charge is 0.380 e. The highest BCUT2D eigenvalue weighted by Crippen LogP contribution is 2.14. The van der Waals surface area contributed by atoms with Gasteiger partial charge in [0.15, 0.2) is 0 Å². The topological polar surface area (TPSA) is 34.1 Å². The minimum absolute atomic E-state index is 0.243. The molecule has 0 saturated heterocycles. The number of ether oxygens (including phenoxy) is 1. The maximum atomic E-state index is 13.4. The molecule has 2 rings (SSSR count). The first-order valence-corrected chi connectivity index (χ1v) is 6.60. The predicted molar refractivity (Wildman–Crippen MR) is 76.4 cm³/mol. The molecule has 5 heteroatoms. The van der Waals surface area contributed by atoms with Gasteiger partial charge in [-0.25, -0.2) is 9.37 Å². The molecule has 1 heterocycles. The molecule has 0 bridgehead atoms. The summed E-state index contributed by atoms with van der Waals surface area (Å²) in [4.78, 5) is 4.21. The molecule has 0 fully saturated rings. The van der Waals surface area contributed by atoms with E-state index in [2.05, 4.69) is 26.2 Å². The van der Waals surface area contributed by atoms with E-state index in [0.717, 1.165) is 15.9 Å². The van der Waals surface area contributed by atoms with Gasteiger partial charge in [0, 0.05) is 29.9 Å². The summed E-state index contributed by atoms with van der Waals surface area (Å²) in [5.41, 5.74) is 1.55. The number of hydrogen-bond acceptors (Lipinski definition) is 3. The third kappa shape index (κ3) is 4.01. The Morgan fingerprint density at radius 3 is 2.84 bits per heavy atom. The number of benzene rings is 1. The average Bonchev–Trinajstić information content (AvgIpc) is 2.42. The predicted octanol–water partition coefficient (Wildman–Crippen LogP) is 3.74. The van der Waals surface area contributed by atoms with Crippen molar-refractivity contribution in [2.24, 2.45) is 0 Å². The van der Waals surface area contributed by atoms with E-state index >= 15 is 0 Å². The van der Waals surface area contributed by atoms with Gasteiger partial charge in [0.05, 0.1) is 6.61 Å². The van der Waals surface area contributed by atoms with Crippen LogP contribution in [0.2, 0.25) is 0 Å². The van der Waals surface area contributed by atoms with E-state index in [1.165, 1.54) is 6.07 Å². The van der Waals surface area contributed by atoms with Gasteiger partial charge in [0.2, 0.25) is 0 Å². The van der Waals surface area contributed by atoms with Crippen LogP contribution in [0.15, 0.2) is 41.0 Å². The summed E-state index contributed by atoms with van der Waals surface area (Å²) in [6.07, 6.45) is 1.73. The smallest absolute Gasteiger partial charge is 0.128 e. The average molecular weight is 325 g/mol. The Hall–Kier alpha value is -1.46. The number of hydrogen-bond donors (Lipinski definition) is 1. The molecule has 1 aromatic heterocycles. The molecule has 0 aliphatic heterocycles. The van der Waals surface area contributed by atoms with Gasteiger partial charge in [0.1, 0.15) is 11.6 Å². The summed E-state index contributed by atoms with van der Waals surface area (Å²) in [7, 11) is 1.55. The summed E-state index contributed by atoms with van der Waals surface area (Å²) >= 11 is 3.33. The van der Waals surface area contributed by atoms with Crippen molar-refractivity contribution < 1.29 is 9.13 Å². The Balaban J connectivity index is 2.03. The lowest BCUT2D eigenvalue weighted by atomic mass is 10.1. The Bertz CT molecular complexity index is 546. The van der Waals surface area contributed by atoms with Crippen molar-refractivity contribution in [3.05, 3.63) is 57.9 Å². The minimum atomic E-state index is -0.243. The number of anilines is 1. The van der Waals surface area contributed by atoms with Crippen LogP contribution in [0.5, 0.6) is 0 Å². The summed E-state index contributed by atoms with van der Waals surface area (Å²) < 4.78 is 19.3. The molecule has 0 saturated carbocycles. The van der Waals surface area contributed by atoms with E-state index in [1.807, 2.05) is 12.1 Å². The molecule has 3 nitrogen and oxygen atoms in total. The number of methoxy groups -OCH3 is 1. The highest BCUT2D eigenvalue weighted by molar-refractivity contribution is 9.10. The molecule has 1 N–H and O–H groups in total. The van der Waals surface area contributed by atoms with Crippen LogP contribution in [0.25, 0.3) is 0 Å². The number of aromatic nitrogens is 1. The van der Waals surface area contributed by atoms with Crippen LogP contribution in [0, 0.1) is 5.82 Å². The molecular formula is C14H14BrFN2O. The van der Waals surface area contributed by atoms with Gasteiger partial charge in [-0.1, -0.05) is 6.07 Å². The Morgan fingerprint density at radius 2 is 2.16 bits per heavy atom. The van der Waals surface area contributed by atoms with E-state index in [4.69, 9.17) is 4.74 Å². The quantitative estimate of drug-likeness (QED) is 0.909. The standard InChI is InChI=1S/C14H14BrFN2O/c1-19-9-11-6-10(2-4-13(11)16)7-17-14-5-3-12(15)8-18-14/h2-6,8H,7,9H2,1H3,(H,17,18). The highest BCUT2D eigenvalue weighted by atomic mass is 79.9. The third-order valence-corrected chi connectivity index (χ3v) is 3.08. The zero-order chi connectivity index (χ0) is 13.7. The van der Waals surface area contributed by atoms with Gasteiger partial charge in [-0.2, -0.15) is 0 Å². The normalized spacial score (nSPS) is 10.5. The van der Waals surface area contributed by atoms with E-state index in [0.29, 0.717) is 12.1 Å². The zero-order valence-corrected chi connectivity index (χ0v) is 12.1. The van der Waals surface area contributed by atoms with Crippen LogP contribution < -0.4 is 5.32 Å². The van der Waals surface area contributed by atoms with Crippen molar-refractivity contribution in [2.75, 3.05) is 12.4 Å². The van der Waals surface area contributed by atoms with Crippen molar-refractivity contribution in [1.29, 1.82) is 0 Å². The van der Waals surface area contributed by atoms with Crippen LogP contribution in [0.3, 0.4) is 0 Å². The fourth-order valence-electron chi connectivity index (χ4n) is 1.68. The second-order valence-electron chi connectivity index (χ2n) is 4.07. The number of pyridine rings is 1. The first-order valence-electron chi connectivity index (χ1n) is 5.80. The fraction of sp³-hybridized carbons (Fsp3) is 0.214. The lowest BCUT2D eigenvalue weighted by molar-refractivity contribution is 0.181. The van der Waals surface area contributed by atoms with Gasteiger partial charge >= 0.3 is 0 Å². The molecule has 1 aromatic carbocycles. The maximum absolute atomic E-state index is 13.4. The van der Waals surface area contributed by atoms with Gasteiger partial charge in [-0.3, -0.25) is 0 Å². The van der Waals surface area contributed by atoms with Crippen molar-refractivity contribution in [1.82, 2.24) is 4.98 Å². The molecule has 0 atom stereocenters. The first kappa shape index (κ1) is 14.0. The van der Waals surface area contributed by atoms with E-state index < -0.39 is 0 Å². The number of nitrogens with zero attached hydrogens (tertiary/aromatic N) is 1. The van der Waals surface area contributed by atoms with Gasteiger partial charge in [-0.05, 0) is 45.8 Å². The Kier molecular flexibility index (Phi) is 4.87. The summed E-state index contributed by atoms with van der Waals surface area (Å²) in [5.74, 6) is 0.535. The first-order chi connectivity index (χ1) is 9.19. The van der Waals surface area contributed by atoms with Crippen LogP contribution in [-0.2, 0) is 17.9 Å². The highest BCUT2D eigenvalue weighted by Gasteiger charge is 2.03. The molecule has 0 aliphatic carbocycles. The summed E-state index contributed by atoms with van der Waals surface area (Å²) in [6, 6.07) is 8.80. The van der Waals surface area contributed by atoms with Crippen LogP contribution in [0.1, 0.15) is 11.1 Å². The van der Waals surface area contributed by atoms with Crippen molar-refractivity contribution in [2.45, 2.75) is 13.2 Å². The van der Waals surface area contributed by atoms with Gasteiger partial charge in [0.25, 0.3) is 0 Å². The SMILES string of the molecule is COCc1cc(CNc2ccc(Br)cn2)ccc1F. The molecule has 19 heavy (non-hydrogen) atoms. The van der Waals surface area contributed by atoms with Crippen molar-refractivity contribution in [3.8, 4) is 0 Å². The Labute approximate surface area is 119 Å². The van der Waals surface area contributed by atoms with Crippen molar-refractivity contribution in [3.63, 3.8) is 0 Å². The number of halogens is 2. The van der Waals surface area contributed by atoms with E-state index in [9.17, 15) is 4.39 Å². The monoisotopic (exact) mass is 324 g/mol. The molecule has 2 aromatic rings. The molecule has 100 valence electrons. The second kappa shape index (κ2) is 6.63. The third-order valence-electron chi connectivity index (χ3n) is 2.61. The van der Waals surface area contributed by atoms with Crippen molar-refractivity contribution >= 4 is 21.7 Å². The van der Waals surface area contributed by atoms with Crippen LogP contribution in [-0.4, -0.2) is 12.1 Å². The lowest BCUT2D eigenvalue weighted by Gasteiger charge is -2.08. The zero-order valence-electron chi connectivity index (χ0n) is 10.5. The van der Waals surface area contributed by atoms with E-state index in [-0.39, 0.29) is 12.4 Å². The second-order valence-corrected chi connectivity index (χ2v) is 4.99. The van der Waals surface area contributed by atoms with E-state index in [1.54, 1.807) is 25.4 Å². The molecule has 0 spiro atoms. The number of rotatable bonds is 5. The molecular weight excluding hydrogens is 311 g/mol. The summed E-state index contributed by atoms with van der Waals surface area (Å²) in [5, 5.41) is 3.18. The van der Waals surface area contributed by atoms with Crippen LogP contribution >= 0.6 is 15.9 Å². The fourth-order valence-corrected chi connectivity index (χ4v) is 1.91. The van der Waals surface area contributed by atoms with Crippen LogP contribution in [0.4, 0.5) is 10.2 Å². The number of nitrogens with one attached hydrogen (secondary N) is 1.